The molecule has 0 aliphatic heterocycles. The van der Waals surface area contributed by atoms with Crippen LogP contribution in [-0.4, -0.2) is 61.6 Å². The van der Waals surface area contributed by atoms with Gasteiger partial charge < -0.3 is 29.8 Å². The second-order valence-electron chi connectivity index (χ2n) is 6.82. The number of fused-ring (bicyclic) bond motifs is 1. The SMILES string of the molecule is CCCC(COP(=O)(O)COC(C)Cn1cnc2c(N)ncnc21)NC(=O)C(F)(F)F. The zero-order valence-corrected chi connectivity index (χ0v) is 17.8. The third-order valence-electron chi connectivity index (χ3n) is 4.11. The van der Waals surface area contributed by atoms with Crippen molar-refractivity contribution in [1.29, 1.82) is 0 Å². The van der Waals surface area contributed by atoms with Crippen LogP contribution in [0.1, 0.15) is 26.7 Å². The fourth-order valence-corrected chi connectivity index (χ4v) is 3.57. The maximum atomic E-state index is 12.4. The molecule has 15 heteroatoms. The maximum Gasteiger partial charge on any atom is 0.471 e. The zero-order chi connectivity index (χ0) is 23.2. The van der Waals surface area contributed by atoms with Crippen molar-refractivity contribution in [2.45, 2.75) is 51.6 Å². The first-order chi connectivity index (χ1) is 14.4. The Balaban J connectivity index is 1.87. The van der Waals surface area contributed by atoms with Crippen LogP contribution in [0.25, 0.3) is 11.2 Å². The molecule has 2 heterocycles. The highest BCUT2D eigenvalue weighted by Gasteiger charge is 2.39. The van der Waals surface area contributed by atoms with Crippen molar-refractivity contribution < 1.29 is 36.7 Å². The first kappa shape index (κ1) is 25.0. The molecule has 0 fully saturated rings. The summed E-state index contributed by atoms with van der Waals surface area (Å²) >= 11 is 0. The number of carbonyl (C=O) groups excluding carboxylic acids is 1. The van der Waals surface area contributed by atoms with Crippen LogP contribution in [-0.2, 0) is 25.2 Å². The molecule has 0 spiro atoms. The molecule has 0 saturated heterocycles. The standard InChI is InChI=1S/C16H24F3N6O5P/c1-3-4-11(24-15(26)16(17,18)19)6-30-31(27,28)9-29-10(2)5-25-8-23-12-13(20)21-7-22-14(12)25/h7-8,10-11H,3-6,9H2,1-2H3,(H,24,26)(H,27,28)(H2,20,21,22). The summed E-state index contributed by atoms with van der Waals surface area (Å²) in [5, 5.41) is 1.75. The van der Waals surface area contributed by atoms with E-state index in [1.807, 2.05) is 0 Å². The van der Waals surface area contributed by atoms with E-state index in [1.54, 1.807) is 23.7 Å². The number of carbonyl (C=O) groups is 1. The van der Waals surface area contributed by atoms with Crippen molar-refractivity contribution in [1.82, 2.24) is 24.8 Å². The third kappa shape index (κ3) is 7.42. The molecule has 0 aliphatic rings. The number of ether oxygens (including phenoxy) is 1. The Morgan fingerprint density at radius 1 is 1.39 bits per heavy atom. The predicted molar refractivity (Wildman–Crippen MR) is 104 cm³/mol. The van der Waals surface area contributed by atoms with E-state index in [9.17, 15) is 27.4 Å². The Morgan fingerprint density at radius 3 is 2.74 bits per heavy atom. The van der Waals surface area contributed by atoms with Gasteiger partial charge in [-0.2, -0.15) is 13.2 Å². The van der Waals surface area contributed by atoms with Crippen LogP contribution < -0.4 is 11.1 Å². The monoisotopic (exact) mass is 468 g/mol. The molecule has 11 nitrogen and oxygen atoms in total. The second kappa shape index (κ2) is 10.4. The van der Waals surface area contributed by atoms with Gasteiger partial charge in [-0.1, -0.05) is 13.3 Å². The number of nitrogen functional groups attached to an aromatic ring is 1. The van der Waals surface area contributed by atoms with Gasteiger partial charge in [-0.15, -0.1) is 0 Å². The van der Waals surface area contributed by atoms with E-state index in [2.05, 4.69) is 15.0 Å². The highest BCUT2D eigenvalue weighted by Crippen LogP contribution is 2.42. The smallest absolute Gasteiger partial charge is 0.382 e. The number of alkyl halides is 3. The summed E-state index contributed by atoms with van der Waals surface area (Å²) in [6.07, 6.45) is -2.98. The third-order valence-corrected chi connectivity index (χ3v) is 5.14. The fraction of sp³-hybridized carbons (Fsp3) is 0.625. The molecule has 1 amide bonds. The number of hydrogen-bond acceptors (Lipinski definition) is 8. The Hall–Kier alpha value is -2.28. The van der Waals surface area contributed by atoms with Crippen LogP contribution in [0.4, 0.5) is 19.0 Å². The van der Waals surface area contributed by atoms with Crippen LogP contribution in [0.3, 0.4) is 0 Å². The molecule has 0 radical (unpaired) electrons. The summed E-state index contributed by atoms with van der Waals surface area (Å²) in [6, 6.07) is -1.07. The first-order valence-corrected chi connectivity index (χ1v) is 11.1. The largest absolute Gasteiger partial charge is 0.471 e. The summed E-state index contributed by atoms with van der Waals surface area (Å²) in [7, 11) is -4.28. The van der Waals surface area contributed by atoms with Gasteiger partial charge >= 0.3 is 19.7 Å². The van der Waals surface area contributed by atoms with Crippen LogP contribution in [0, 0.1) is 0 Å². The lowest BCUT2D eigenvalue weighted by Gasteiger charge is -2.22. The van der Waals surface area contributed by atoms with E-state index in [-0.39, 0.29) is 18.8 Å². The van der Waals surface area contributed by atoms with Gasteiger partial charge in [-0.05, 0) is 13.3 Å². The molecule has 174 valence electrons. The maximum absolute atomic E-state index is 12.4. The summed E-state index contributed by atoms with van der Waals surface area (Å²) in [4.78, 5) is 33.0. The highest BCUT2D eigenvalue weighted by molar-refractivity contribution is 7.52. The number of aromatic nitrogens is 4. The molecule has 3 atom stereocenters. The molecule has 0 bridgehead atoms. The number of nitrogens with zero attached hydrogens (tertiary/aromatic N) is 4. The average Bonchev–Trinajstić information content (AvgIpc) is 3.08. The van der Waals surface area contributed by atoms with E-state index >= 15 is 0 Å². The number of anilines is 1. The predicted octanol–water partition coefficient (Wildman–Crippen LogP) is 1.82. The van der Waals surface area contributed by atoms with Crippen LogP contribution in [0.2, 0.25) is 0 Å². The van der Waals surface area contributed by atoms with E-state index in [1.165, 1.54) is 12.7 Å². The highest BCUT2D eigenvalue weighted by atomic mass is 31.2. The van der Waals surface area contributed by atoms with E-state index < -0.39 is 44.8 Å². The number of imidazole rings is 1. The number of amides is 1. The van der Waals surface area contributed by atoms with Crippen molar-refractivity contribution in [3.8, 4) is 0 Å². The second-order valence-corrected chi connectivity index (χ2v) is 8.62. The van der Waals surface area contributed by atoms with Crippen molar-refractivity contribution in [3.63, 3.8) is 0 Å². The van der Waals surface area contributed by atoms with Crippen LogP contribution >= 0.6 is 7.60 Å². The Morgan fingerprint density at radius 2 is 2.10 bits per heavy atom. The molecule has 31 heavy (non-hydrogen) atoms. The normalized spacial score (nSPS) is 16.1. The van der Waals surface area contributed by atoms with Gasteiger partial charge in [0.15, 0.2) is 11.5 Å². The molecule has 3 unspecified atom stereocenters. The average molecular weight is 468 g/mol. The summed E-state index contributed by atoms with van der Waals surface area (Å²) in [5.41, 5.74) is 6.59. The Labute approximate surface area is 175 Å². The number of rotatable bonds is 11. The lowest BCUT2D eigenvalue weighted by Crippen LogP contribution is -2.45. The Kier molecular flexibility index (Phi) is 8.34. The molecule has 0 aliphatic carbocycles. The first-order valence-electron chi connectivity index (χ1n) is 9.30. The summed E-state index contributed by atoms with van der Waals surface area (Å²) < 4.78 is 61.3. The molecule has 0 saturated carbocycles. The van der Waals surface area contributed by atoms with Gasteiger partial charge in [0.2, 0.25) is 0 Å². The quantitative estimate of drug-likeness (QED) is 0.419. The van der Waals surface area contributed by atoms with Gasteiger partial charge in [-0.3, -0.25) is 9.36 Å². The van der Waals surface area contributed by atoms with E-state index in [0.29, 0.717) is 17.6 Å². The van der Waals surface area contributed by atoms with E-state index in [4.69, 9.17) is 15.0 Å². The molecular weight excluding hydrogens is 444 g/mol. The molecule has 0 aromatic carbocycles. The molecule has 2 rings (SSSR count). The zero-order valence-electron chi connectivity index (χ0n) is 16.9. The summed E-state index contributed by atoms with van der Waals surface area (Å²) in [6.45, 7) is 2.99. The van der Waals surface area contributed by atoms with Gasteiger partial charge in [0.25, 0.3) is 0 Å². The van der Waals surface area contributed by atoms with Gasteiger partial charge in [0.05, 0.1) is 31.6 Å². The van der Waals surface area contributed by atoms with Crippen molar-refractivity contribution in [2.75, 3.05) is 18.7 Å². The Bertz CT molecular complexity index is 940. The number of nitrogens with one attached hydrogen (secondary N) is 1. The lowest BCUT2D eigenvalue weighted by atomic mass is 10.2. The van der Waals surface area contributed by atoms with Gasteiger partial charge in [-0.25, -0.2) is 15.0 Å². The van der Waals surface area contributed by atoms with Crippen molar-refractivity contribution in [3.05, 3.63) is 12.7 Å². The minimum absolute atomic E-state index is 0.137. The molecular formula is C16H24F3N6O5P. The molecule has 2 aromatic heterocycles. The van der Waals surface area contributed by atoms with Crippen molar-refractivity contribution in [2.24, 2.45) is 0 Å². The van der Waals surface area contributed by atoms with Crippen molar-refractivity contribution >= 4 is 30.5 Å². The number of hydrogen-bond donors (Lipinski definition) is 3. The van der Waals surface area contributed by atoms with Crippen LogP contribution in [0.15, 0.2) is 12.7 Å². The summed E-state index contributed by atoms with van der Waals surface area (Å²) in [5.74, 6) is -1.92. The number of nitrogens with two attached hydrogens (primary N) is 1. The minimum atomic E-state index is -5.06. The van der Waals surface area contributed by atoms with Gasteiger partial charge in [0, 0.05) is 0 Å². The van der Waals surface area contributed by atoms with Gasteiger partial charge in [0.1, 0.15) is 18.2 Å². The fourth-order valence-electron chi connectivity index (χ4n) is 2.64. The molecule has 2 aromatic rings. The topological polar surface area (TPSA) is 154 Å². The minimum Gasteiger partial charge on any atom is -0.382 e. The lowest BCUT2D eigenvalue weighted by molar-refractivity contribution is -0.174. The van der Waals surface area contributed by atoms with Crippen LogP contribution in [0.5, 0.6) is 0 Å². The van der Waals surface area contributed by atoms with E-state index in [0.717, 1.165) is 0 Å². The molecule has 4 N–H and O–H groups in total. The number of halogens is 3.